The van der Waals surface area contributed by atoms with E-state index in [9.17, 15) is 4.39 Å². The summed E-state index contributed by atoms with van der Waals surface area (Å²) in [6.45, 7) is 7.77. The second kappa shape index (κ2) is 9.32. The average Bonchev–Trinajstić information content (AvgIpc) is 3.14. The van der Waals surface area contributed by atoms with Crippen LogP contribution in [0.15, 0.2) is 48.3 Å². The SMILES string of the molecule is CCC1CCC(Cn2nc(-c3ccccc3)c(C3=CCCC(F)=C3)c2C(C)C)CC1. The number of halogens is 1. The molecule has 0 unspecified atom stereocenters. The predicted octanol–water partition coefficient (Wildman–Crippen LogP) is 7.92. The molecule has 0 bridgehead atoms. The fourth-order valence-electron chi connectivity index (χ4n) is 5.19. The van der Waals surface area contributed by atoms with Crippen LogP contribution in [0, 0.1) is 11.8 Å². The van der Waals surface area contributed by atoms with E-state index in [1.807, 2.05) is 6.07 Å². The van der Waals surface area contributed by atoms with Crippen LogP contribution < -0.4 is 0 Å². The van der Waals surface area contributed by atoms with Crippen LogP contribution in [0.3, 0.4) is 0 Å². The van der Waals surface area contributed by atoms with Gasteiger partial charge in [-0.1, -0.05) is 76.4 Å². The van der Waals surface area contributed by atoms with Gasteiger partial charge in [0.05, 0.1) is 0 Å². The van der Waals surface area contributed by atoms with Crippen LogP contribution in [0.5, 0.6) is 0 Å². The number of hydrogen-bond donors (Lipinski definition) is 0. The molecule has 3 heteroatoms. The molecule has 30 heavy (non-hydrogen) atoms. The second-order valence-corrected chi connectivity index (χ2v) is 9.40. The number of rotatable bonds is 6. The molecule has 2 aliphatic carbocycles. The molecular formula is C27H35FN2. The van der Waals surface area contributed by atoms with Gasteiger partial charge in [0.2, 0.25) is 0 Å². The van der Waals surface area contributed by atoms with Crippen molar-refractivity contribution in [3.05, 3.63) is 59.6 Å². The van der Waals surface area contributed by atoms with Crippen LogP contribution >= 0.6 is 0 Å². The molecule has 0 aliphatic heterocycles. The van der Waals surface area contributed by atoms with Crippen molar-refractivity contribution in [2.24, 2.45) is 11.8 Å². The van der Waals surface area contributed by atoms with Gasteiger partial charge in [-0.2, -0.15) is 5.10 Å². The molecule has 4 rings (SSSR count). The van der Waals surface area contributed by atoms with Gasteiger partial charge in [-0.3, -0.25) is 4.68 Å². The zero-order valence-corrected chi connectivity index (χ0v) is 18.7. The first-order valence-corrected chi connectivity index (χ1v) is 11.8. The molecule has 1 fully saturated rings. The quantitative estimate of drug-likeness (QED) is 0.476. The first kappa shape index (κ1) is 21.1. The highest BCUT2D eigenvalue weighted by atomic mass is 19.1. The Labute approximate surface area is 180 Å². The Hall–Kier alpha value is -2.16. The van der Waals surface area contributed by atoms with Crippen LogP contribution in [0.2, 0.25) is 0 Å². The molecule has 0 spiro atoms. The normalized spacial score (nSPS) is 22.2. The van der Waals surface area contributed by atoms with E-state index in [4.69, 9.17) is 5.10 Å². The lowest BCUT2D eigenvalue weighted by Gasteiger charge is -2.28. The summed E-state index contributed by atoms with van der Waals surface area (Å²) in [4.78, 5) is 0. The maximum atomic E-state index is 14.2. The first-order valence-electron chi connectivity index (χ1n) is 11.8. The lowest BCUT2D eigenvalue weighted by atomic mass is 9.81. The molecule has 1 saturated carbocycles. The maximum absolute atomic E-state index is 14.2. The van der Waals surface area contributed by atoms with Gasteiger partial charge in [0.25, 0.3) is 0 Å². The lowest BCUT2D eigenvalue weighted by molar-refractivity contribution is 0.239. The fraction of sp³-hybridized carbons (Fsp3) is 0.519. The summed E-state index contributed by atoms with van der Waals surface area (Å²) in [6, 6.07) is 10.4. The van der Waals surface area contributed by atoms with Crippen molar-refractivity contribution in [1.29, 1.82) is 0 Å². The maximum Gasteiger partial charge on any atom is 0.101 e. The van der Waals surface area contributed by atoms with Gasteiger partial charge < -0.3 is 0 Å². The molecule has 2 nitrogen and oxygen atoms in total. The highest BCUT2D eigenvalue weighted by molar-refractivity contribution is 5.86. The van der Waals surface area contributed by atoms with Gasteiger partial charge in [-0.05, 0) is 48.7 Å². The van der Waals surface area contributed by atoms with Crippen LogP contribution in [-0.2, 0) is 6.54 Å². The third-order valence-corrected chi connectivity index (χ3v) is 6.91. The molecule has 0 saturated heterocycles. The Morgan fingerprint density at radius 2 is 1.77 bits per heavy atom. The van der Waals surface area contributed by atoms with E-state index < -0.39 is 0 Å². The summed E-state index contributed by atoms with van der Waals surface area (Å²) in [7, 11) is 0. The summed E-state index contributed by atoms with van der Waals surface area (Å²) >= 11 is 0. The van der Waals surface area contributed by atoms with E-state index in [1.54, 1.807) is 6.08 Å². The van der Waals surface area contributed by atoms with Crippen molar-refractivity contribution < 1.29 is 4.39 Å². The van der Waals surface area contributed by atoms with Crippen molar-refractivity contribution in [1.82, 2.24) is 9.78 Å². The minimum Gasteiger partial charge on any atom is -0.268 e. The number of aromatic nitrogens is 2. The van der Waals surface area contributed by atoms with E-state index in [0.29, 0.717) is 18.3 Å². The van der Waals surface area contributed by atoms with Crippen LogP contribution in [0.1, 0.15) is 82.9 Å². The molecule has 0 amide bonds. The first-order chi connectivity index (χ1) is 14.6. The summed E-state index contributed by atoms with van der Waals surface area (Å²) < 4.78 is 16.5. The van der Waals surface area contributed by atoms with E-state index in [-0.39, 0.29) is 5.83 Å². The second-order valence-electron chi connectivity index (χ2n) is 9.40. The summed E-state index contributed by atoms with van der Waals surface area (Å²) in [6.07, 6.45) is 11.8. The Bertz CT molecular complexity index is 912. The zero-order chi connectivity index (χ0) is 21.1. The Morgan fingerprint density at radius 3 is 2.40 bits per heavy atom. The summed E-state index contributed by atoms with van der Waals surface area (Å²) in [5.74, 6) is 1.90. The van der Waals surface area contributed by atoms with Gasteiger partial charge in [0.1, 0.15) is 11.5 Å². The molecular weight excluding hydrogens is 371 g/mol. The molecule has 0 N–H and O–H groups in total. The number of allylic oxidation sites excluding steroid dienone is 4. The minimum atomic E-state index is -0.0214. The smallest absolute Gasteiger partial charge is 0.101 e. The van der Waals surface area contributed by atoms with E-state index in [1.165, 1.54) is 37.8 Å². The van der Waals surface area contributed by atoms with Crippen LogP contribution in [0.4, 0.5) is 4.39 Å². The van der Waals surface area contributed by atoms with E-state index in [0.717, 1.165) is 41.3 Å². The van der Waals surface area contributed by atoms with Gasteiger partial charge in [0, 0.05) is 29.8 Å². The molecule has 1 aromatic carbocycles. The predicted molar refractivity (Wildman–Crippen MR) is 124 cm³/mol. The minimum absolute atomic E-state index is 0.0214. The van der Waals surface area contributed by atoms with Gasteiger partial charge in [0.15, 0.2) is 0 Å². The Kier molecular flexibility index (Phi) is 6.55. The molecule has 1 aromatic heterocycles. The fourth-order valence-corrected chi connectivity index (χ4v) is 5.19. The van der Waals surface area contributed by atoms with Crippen LogP contribution in [0.25, 0.3) is 16.8 Å². The largest absolute Gasteiger partial charge is 0.268 e. The highest BCUT2D eigenvalue weighted by Gasteiger charge is 2.27. The van der Waals surface area contributed by atoms with E-state index >= 15 is 0 Å². The van der Waals surface area contributed by atoms with E-state index in [2.05, 4.69) is 55.8 Å². The van der Waals surface area contributed by atoms with Crippen LogP contribution in [-0.4, -0.2) is 9.78 Å². The molecule has 0 atom stereocenters. The molecule has 160 valence electrons. The van der Waals surface area contributed by atoms with Crippen molar-refractivity contribution in [2.75, 3.05) is 0 Å². The van der Waals surface area contributed by atoms with Crippen molar-refractivity contribution in [2.45, 2.75) is 78.2 Å². The number of benzene rings is 1. The molecule has 0 radical (unpaired) electrons. The monoisotopic (exact) mass is 406 g/mol. The standard InChI is InChI=1S/C27H35FN2/c1-4-20-13-15-21(16-14-20)18-30-27(19(2)3)25(23-11-8-12-24(28)17-23)26(29-30)22-9-6-5-7-10-22/h5-7,9-11,17,19-21H,4,8,12-16,18H2,1-3H3. The van der Waals surface area contributed by atoms with Gasteiger partial charge in [-0.15, -0.1) is 0 Å². The van der Waals surface area contributed by atoms with Crippen molar-refractivity contribution in [3.8, 4) is 11.3 Å². The summed E-state index contributed by atoms with van der Waals surface area (Å²) in [5.41, 5.74) is 5.50. The molecule has 2 aromatic rings. The van der Waals surface area contributed by atoms with Crippen molar-refractivity contribution in [3.63, 3.8) is 0 Å². The van der Waals surface area contributed by atoms with Gasteiger partial charge in [-0.25, -0.2) is 4.39 Å². The highest BCUT2D eigenvalue weighted by Crippen LogP contribution is 2.39. The molecule has 2 aliphatic rings. The summed E-state index contributed by atoms with van der Waals surface area (Å²) in [5, 5.41) is 5.16. The average molecular weight is 407 g/mol. The third-order valence-electron chi connectivity index (χ3n) is 6.91. The van der Waals surface area contributed by atoms with Gasteiger partial charge >= 0.3 is 0 Å². The molecule has 1 heterocycles. The lowest BCUT2D eigenvalue weighted by Crippen LogP contribution is -2.21. The third kappa shape index (κ3) is 4.45. The zero-order valence-electron chi connectivity index (χ0n) is 18.7. The van der Waals surface area contributed by atoms with Crippen molar-refractivity contribution >= 4 is 5.57 Å². The Balaban J connectivity index is 1.76. The number of nitrogens with zero attached hydrogens (tertiary/aromatic N) is 2. The number of hydrogen-bond acceptors (Lipinski definition) is 1. The topological polar surface area (TPSA) is 17.8 Å². The Morgan fingerprint density at radius 1 is 1.07 bits per heavy atom.